The second-order valence-electron chi connectivity index (χ2n) is 7.21. The number of methoxy groups -OCH3 is 1. The Hall–Kier alpha value is -3.80. The Balaban J connectivity index is 1.56. The van der Waals surface area contributed by atoms with Crippen LogP contribution >= 0.6 is 0 Å². The van der Waals surface area contributed by atoms with Gasteiger partial charge in [-0.05, 0) is 67.4 Å². The predicted molar refractivity (Wildman–Crippen MR) is 121 cm³/mol. The molecule has 3 aromatic carbocycles. The summed E-state index contributed by atoms with van der Waals surface area (Å²) in [6.07, 6.45) is 0.936. The molecule has 31 heavy (non-hydrogen) atoms. The Kier molecular flexibility index (Phi) is 5.89. The van der Waals surface area contributed by atoms with Gasteiger partial charge in [0.25, 0.3) is 5.91 Å². The molecular formula is C25H24N2O4. The molecule has 1 heterocycles. The summed E-state index contributed by atoms with van der Waals surface area (Å²) >= 11 is 0. The number of carbonyl (C=O) groups excluding carboxylic acids is 1. The van der Waals surface area contributed by atoms with Crippen molar-refractivity contribution in [3.63, 3.8) is 0 Å². The number of nitrogens with one attached hydrogen (secondary N) is 1. The molecule has 1 amide bonds. The van der Waals surface area contributed by atoms with E-state index in [1.807, 2.05) is 43.3 Å². The third-order valence-corrected chi connectivity index (χ3v) is 4.92. The van der Waals surface area contributed by atoms with E-state index in [0.29, 0.717) is 34.8 Å². The standard InChI is InChI=1S/C25H24N2O4/c1-4-13-30-19-9-7-17(8-10-19)24(28)26-21-14-18(6-5-16(21)2)25-27-22-15-20(29-3)11-12-23(22)31-25/h5-12,14-15H,4,13H2,1-3H3,(H,26,28). The fraction of sp³-hybridized carbons (Fsp3) is 0.200. The lowest BCUT2D eigenvalue weighted by atomic mass is 10.1. The molecule has 1 N–H and O–H groups in total. The smallest absolute Gasteiger partial charge is 0.255 e. The first-order chi connectivity index (χ1) is 15.1. The second-order valence-corrected chi connectivity index (χ2v) is 7.21. The molecule has 0 bridgehead atoms. The van der Waals surface area contributed by atoms with Crippen LogP contribution in [0.3, 0.4) is 0 Å². The first kappa shape index (κ1) is 20.5. The molecule has 6 heteroatoms. The van der Waals surface area contributed by atoms with Crippen LogP contribution in [0.2, 0.25) is 0 Å². The Morgan fingerprint density at radius 1 is 1.03 bits per heavy atom. The van der Waals surface area contributed by atoms with E-state index < -0.39 is 0 Å². The van der Waals surface area contributed by atoms with Crippen molar-refractivity contribution in [3.8, 4) is 23.0 Å². The topological polar surface area (TPSA) is 73.6 Å². The third kappa shape index (κ3) is 4.53. The van der Waals surface area contributed by atoms with Crippen LogP contribution < -0.4 is 14.8 Å². The van der Waals surface area contributed by atoms with Crippen molar-refractivity contribution in [2.45, 2.75) is 20.3 Å². The number of hydrogen-bond donors (Lipinski definition) is 1. The number of benzene rings is 3. The van der Waals surface area contributed by atoms with Gasteiger partial charge in [-0.15, -0.1) is 0 Å². The highest BCUT2D eigenvalue weighted by molar-refractivity contribution is 6.05. The molecule has 4 aromatic rings. The lowest BCUT2D eigenvalue weighted by Gasteiger charge is -2.10. The molecule has 0 aliphatic carbocycles. The minimum atomic E-state index is -0.190. The number of anilines is 1. The van der Waals surface area contributed by atoms with E-state index in [1.165, 1.54) is 0 Å². The van der Waals surface area contributed by atoms with Gasteiger partial charge in [0, 0.05) is 22.9 Å². The van der Waals surface area contributed by atoms with Crippen molar-refractivity contribution < 1.29 is 18.7 Å². The zero-order valence-electron chi connectivity index (χ0n) is 17.8. The highest BCUT2D eigenvalue weighted by Crippen LogP contribution is 2.30. The lowest BCUT2D eigenvalue weighted by molar-refractivity contribution is 0.102. The molecule has 158 valence electrons. The van der Waals surface area contributed by atoms with E-state index in [1.54, 1.807) is 31.4 Å². The van der Waals surface area contributed by atoms with Gasteiger partial charge in [-0.2, -0.15) is 0 Å². The van der Waals surface area contributed by atoms with Gasteiger partial charge in [0.2, 0.25) is 5.89 Å². The normalized spacial score (nSPS) is 10.8. The first-order valence-corrected chi connectivity index (χ1v) is 10.2. The largest absolute Gasteiger partial charge is 0.497 e. The molecule has 4 rings (SSSR count). The minimum absolute atomic E-state index is 0.190. The van der Waals surface area contributed by atoms with Crippen molar-refractivity contribution in [2.24, 2.45) is 0 Å². The second kappa shape index (κ2) is 8.92. The number of ether oxygens (including phenoxy) is 2. The van der Waals surface area contributed by atoms with Crippen LogP contribution in [0.5, 0.6) is 11.5 Å². The highest BCUT2D eigenvalue weighted by atomic mass is 16.5. The number of rotatable bonds is 7. The quantitative estimate of drug-likeness (QED) is 0.409. The molecule has 0 unspecified atom stereocenters. The van der Waals surface area contributed by atoms with Crippen LogP contribution in [0, 0.1) is 6.92 Å². The zero-order chi connectivity index (χ0) is 21.8. The van der Waals surface area contributed by atoms with Crippen molar-refractivity contribution in [2.75, 3.05) is 19.0 Å². The van der Waals surface area contributed by atoms with E-state index >= 15 is 0 Å². The van der Waals surface area contributed by atoms with E-state index in [2.05, 4.69) is 17.2 Å². The molecule has 0 saturated carbocycles. The molecule has 0 spiro atoms. The Bertz CT molecular complexity index is 1210. The maximum Gasteiger partial charge on any atom is 0.255 e. The number of hydrogen-bond acceptors (Lipinski definition) is 5. The van der Waals surface area contributed by atoms with Crippen molar-refractivity contribution in [3.05, 3.63) is 71.8 Å². The summed E-state index contributed by atoms with van der Waals surface area (Å²) in [6, 6.07) is 18.3. The first-order valence-electron chi connectivity index (χ1n) is 10.2. The van der Waals surface area contributed by atoms with E-state index in [4.69, 9.17) is 13.9 Å². The van der Waals surface area contributed by atoms with E-state index in [9.17, 15) is 4.79 Å². The van der Waals surface area contributed by atoms with Gasteiger partial charge in [-0.25, -0.2) is 4.98 Å². The van der Waals surface area contributed by atoms with Gasteiger partial charge in [-0.1, -0.05) is 13.0 Å². The van der Waals surface area contributed by atoms with Crippen molar-refractivity contribution in [1.29, 1.82) is 0 Å². The zero-order valence-corrected chi connectivity index (χ0v) is 17.8. The van der Waals surface area contributed by atoms with Crippen LogP contribution in [0.1, 0.15) is 29.3 Å². The Morgan fingerprint density at radius 3 is 2.55 bits per heavy atom. The number of aryl methyl sites for hydroxylation is 1. The van der Waals surface area contributed by atoms with Gasteiger partial charge >= 0.3 is 0 Å². The van der Waals surface area contributed by atoms with Crippen molar-refractivity contribution in [1.82, 2.24) is 4.98 Å². The van der Waals surface area contributed by atoms with E-state index in [0.717, 1.165) is 29.0 Å². The number of oxazole rings is 1. The minimum Gasteiger partial charge on any atom is -0.497 e. The summed E-state index contributed by atoms with van der Waals surface area (Å²) in [4.78, 5) is 17.3. The maximum absolute atomic E-state index is 12.7. The summed E-state index contributed by atoms with van der Waals surface area (Å²) in [5.41, 5.74) is 4.37. The Labute approximate surface area is 180 Å². The number of aromatic nitrogens is 1. The molecule has 0 fully saturated rings. The molecular weight excluding hydrogens is 392 g/mol. The van der Waals surface area contributed by atoms with Crippen LogP contribution in [-0.2, 0) is 0 Å². The Morgan fingerprint density at radius 2 is 1.81 bits per heavy atom. The van der Waals surface area contributed by atoms with Crippen LogP contribution in [0.4, 0.5) is 5.69 Å². The van der Waals surface area contributed by atoms with E-state index in [-0.39, 0.29) is 5.91 Å². The van der Waals surface area contributed by atoms with Crippen molar-refractivity contribution >= 4 is 22.7 Å². The maximum atomic E-state index is 12.7. The van der Waals surface area contributed by atoms with Crippen LogP contribution in [0.15, 0.2) is 65.1 Å². The third-order valence-electron chi connectivity index (χ3n) is 4.92. The number of fused-ring (bicyclic) bond motifs is 1. The summed E-state index contributed by atoms with van der Waals surface area (Å²) in [5, 5.41) is 2.98. The number of nitrogens with zero attached hydrogens (tertiary/aromatic N) is 1. The highest BCUT2D eigenvalue weighted by Gasteiger charge is 2.13. The molecule has 0 atom stereocenters. The summed E-state index contributed by atoms with van der Waals surface area (Å²) in [5.74, 6) is 1.76. The monoisotopic (exact) mass is 416 g/mol. The molecule has 6 nitrogen and oxygen atoms in total. The number of carbonyl (C=O) groups is 1. The lowest BCUT2D eigenvalue weighted by Crippen LogP contribution is -2.12. The molecule has 0 radical (unpaired) electrons. The summed E-state index contributed by atoms with van der Waals surface area (Å²) < 4.78 is 16.7. The average molecular weight is 416 g/mol. The molecule has 0 aliphatic rings. The van der Waals surface area contributed by atoms with Crippen LogP contribution in [-0.4, -0.2) is 24.6 Å². The fourth-order valence-electron chi connectivity index (χ4n) is 3.16. The number of amides is 1. The van der Waals surface area contributed by atoms with Gasteiger partial charge in [-0.3, -0.25) is 4.79 Å². The predicted octanol–water partition coefficient (Wildman–Crippen LogP) is 5.85. The fourth-order valence-corrected chi connectivity index (χ4v) is 3.16. The van der Waals surface area contributed by atoms with Gasteiger partial charge in [0.15, 0.2) is 5.58 Å². The van der Waals surface area contributed by atoms with Gasteiger partial charge in [0.05, 0.1) is 13.7 Å². The summed E-state index contributed by atoms with van der Waals surface area (Å²) in [7, 11) is 1.61. The molecule has 0 aliphatic heterocycles. The molecule has 1 aromatic heterocycles. The molecule has 0 saturated heterocycles. The summed E-state index contributed by atoms with van der Waals surface area (Å²) in [6.45, 7) is 4.65. The average Bonchev–Trinajstić information content (AvgIpc) is 3.22. The van der Waals surface area contributed by atoms with Crippen LogP contribution in [0.25, 0.3) is 22.6 Å². The SMILES string of the molecule is CCCOc1ccc(C(=O)Nc2cc(-c3nc4cc(OC)ccc4o3)ccc2C)cc1. The van der Waals surface area contributed by atoms with Gasteiger partial charge in [0.1, 0.15) is 17.0 Å². The van der Waals surface area contributed by atoms with Gasteiger partial charge < -0.3 is 19.2 Å².